The minimum atomic E-state index is 0.232. The number of rotatable bonds is 4. The molecule has 5 nitrogen and oxygen atoms in total. The maximum absolute atomic E-state index is 5.50. The lowest BCUT2D eigenvalue weighted by atomic mass is 9.95. The van der Waals surface area contributed by atoms with Gasteiger partial charge in [-0.05, 0) is 32.1 Å². The van der Waals surface area contributed by atoms with Gasteiger partial charge in [-0.25, -0.2) is 9.97 Å². The maximum Gasteiger partial charge on any atom is 0.223 e. The van der Waals surface area contributed by atoms with Gasteiger partial charge in [-0.1, -0.05) is 0 Å². The first-order chi connectivity index (χ1) is 10.2. The molecule has 1 aromatic rings. The highest BCUT2D eigenvalue weighted by Crippen LogP contribution is 2.34. The number of morpholine rings is 1. The Morgan fingerprint density at radius 2 is 2.00 bits per heavy atom. The van der Waals surface area contributed by atoms with Gasteiger partial charge in [0.2, 0.25) is 5.95 Å². The van der Waals surface area contributed by atoms with Crippen molar-refractivity contribution >= 4 is 17.7 Å². The van der Waals surface area contributed by atoms with Crippen LogP contribution in [0.15, 0.2) is 6.07 Å². The van der Waals surface area contributed by atoms with Crippen LogP contribution in [-0.4, -0.2) is 64.8 Å². The molecule has 3 rings (SSSR count). The molecule has 0 aromatic carbocycles. The largest absolute Gasteiger partial charge is 0.379 e. The zero-order valence-electron chi connectivity index (χ0n) is 12.9. The van der Waals surface area contributed by atoms with E-state index in [1.807, 2.05) is 19.9 Å². The average Bonchev–Trinajstić information content (AvgIpc) is 2.95. The molecule has 6 heteroatoms. The standard InChI is InChI=1S/C15H24N4OS/c1-12-9-13(2)18-14(17-12)16-10-15(3-8-21-11-15)19-4-6-20-7-5-19/h9H,3-8,10-11H2,1-2H3,(H,16,17,18)/t15-/m0/s1. The molecular weight excluding hydrogens is 284 g/mol. The van der Waals surface area contributed by atoms with E-state index in [1.54, 1.807) is 0 Å². The van der Waals surface area contributed by atoms with Crippen molar-refractivity contribution in [2.45, 2.75) is 25.8 Å². The fourth-order valence-electron chi connectivity index (χ4n) is 3.18. The number of nitrogens with zero attached hydrogens (tertiary/aromatic N) is 3. The fourth-order valence-corrected chi connectivity index (χ4v) is 4.66. The van der Waals surface area contributed by atoms with Crippen molar-refractivity contribution in [1.29, 1.82) is 0 Å². The van der Waals surface area contributed by atoms with E-state index in [4.69, 9.17) is 4.74 Å². The Bertz CT molecular complexity index is 464. The van der Waals surface area contributed by atoms with Gasteiger partial charge in [0.25, 0.3) is 0 Å². The fraction of sp³-hybridized carbons (Fsp3) is 0.733. The van der Waals surface area contributed by atoms with Crippen LogP contribution in [0.1, 0.15) is 17.8 Å². The van der Waals surface area contributed by atoms with Crippen molar-refractivity contribution in [3.05, 3.63) is 17.5 Å². The van der Waals surface area contributed by atoms with Gasteiger partial charge in [-0.15, -0.1) is 0 Å². The Morgan fingerprint density at radius 1 is 1.29 bits per heavy atom. The third-order valence-corrected chi connectivity index (χ3v) is 5.56. The van der Waals surface area contributed by atoms with Crippen LogP contribution in [0.25, 0.3) is 0 Å². The predicted octanol–water partition coefficient (Wildman–Crippen LogP) is 1.71. The summed E-state index contributed by atoms with van der Waals surface area (Å²) >= 11 is 2.05. The molecule has 0 radical (unpaired) electrons. The zero-order chi connectivity index (χ0) is 14.7. The normalized spacial score (nSPS) is 27.0. The molecule has 0 amide bonds. The smallest absolute Gasteiger partial charge is 0.223 e. The summed E-state index contributed by atoms with van der Waals surface area (Å²) in [6.07, 6.45) is 1.23. The highest BCUT2D eigenvalue weighted by atomic mass is 32.2. The quantitative estimate of drug-likeness (QED) is 0.914. The Balaban J connectivity index is 1.70. The molecule has 2 aliphatic rings. The van der Waals surface area contributed by atoms with Crippen molar-refractivity contribution in [1.82, 2.24) is 14.9 Å². The van der Waals surface area contributed by atoms with E-state index in [0.717, 1.165) is 50.2 Å². The molecular formula is C15H24N4OS. The van der Waals surface area contributed by atoms with Crippen LogP contribution in [-0.2, 0) is 4.74 Å². The van der Waals surface area contributed by atoms with Crippen LogP contribution in [0.4, 0.5) is 5.95 Å². The predicted molar refractivity (Wildman–Crippen MR) is 87.1 cm³/mol. The molecule has 0 saturated carbocycles. The van der Waals surface area contributed by atoms with Crippen LogP contribution >= 0.6 is 11.8 Å². The topological polar surface area (TPSA) is 50.3 Å². The van der Waals surface area contributed by atoms with E-state index in [0.29, 0.717) is 0 Å². The Morgan fingerprint density at radius 3 is 2.62 bits per heavy atom. The van der Waals surface area contributed by atoms with Gasteiger partial charge >= 0.3 is 0 Å². The summed E-state index contributed by atoms with van der Waals surface area (Å²) in [7, 11) is 0. The number of hydrogen-bond donors (Lipinski definition) is 1. The minimum Gasteiger partial charge on any atom is -0.379 e. The molecule has 21 heavy (non-hydrogen) atoms. The Kier molecular flexibility index (Phi) is 4.66. The summed E-state index contributed by atoms with van der Waals surface area (Å²) in [6.45, 7) is 8.74. The summed E-state index contributed by atoms with van der Waals surface area (Å²) in [5.74, 6) is 3.19. The summed E-state index contributed by atoms with van der Waals surface area (Å²) in [5, 5.41) is 3.49. The van der Waals surface area contributed by atoms with E-state index in [2.05, 4.69) is 31.9 Å². The molecule has 1 aromatic heterocycles. The number of ether oxygens (including phenoxy) is 1. The molecule has 0 unspecified atom stereocenters. The van der Waals surface area contributed by atoms with Crippen molar-refractivity contribution in [3.63, 3.8) is 0 Å². The number of anilines is 1. The molecule has 116 valence electrons. The number of aromatic nitrogens is 2. The lowest BCUT2D eigenvalue weighted by Crippen LogP contribution is -2.57. The second-order valence-corrected chi connectivity index (χ2v) is 7.06. The summed E-state index contributed by atoms with van der Waals surface area (Å²) in [5.41, 5.74) is 2.27. The van der Waals surface area contributed by atoms with Gasteiger partial charge < -0.3 is 10.1 Å². The van der Waals surface area contributed by atoms with Gasteiger partial charge in [-0.3, -0.25) is 4.90 Å². The molecule has 0 spiro atoms. The van der Waals surface area contributed by atoms with E-state index < -0.39 is 0 Å². The first-order valence-corrected chi connectivity index (χ1v) is 8.80. The molecule has 2 saturated heterocycles. The minimum absolute atomic E-state index is 0.232. The van der Waals surface area contributed by atoms with Crippen LogP contribution in [0.3, 0.4) is 0 Å². The maximum atomic E-state index is 5.50. The lowest BCUT2D eigenvalue weighted by molar-refractivity contribution is -0.00925. The average molecular weight is 308 g/mol. The van der Waals surface area contributed by atoms with Gasteiger partial charge in [0.1, 0.15) is 0 Å². The second kappa shape index (κ2) is 6.50. The first kappa shape index (κ1) is 15.1. The van der Waals surface area contributed by atoms with Gasteiger partial charge in [0, 0.05) is 42.3 Å². The third-order valence-electron chi connectivity index (χ3n) is 4.32. The first-order valence-electron chi connectivity index (χ1n) is 7.65. The van der Waals surface area contributed by atoms with Gasteiger partial charge in [-0.2, -0.15) is 11.8 Å². The summed E-state index contributed by atoms with van der Waals surface area (Å²) in [6, 6.07) is 2.01. The summed E-state index contributed by atoms with van der Waals surface area (Å²) < 4.78 is 5.50. The molecule has 0 aliphatic carbocycles. The third kappa shape index (κ3) is 3.49. The molecule has 2 fully saturated rings. The van der Waals surface area contributed by atoms with Crippen molar-refractivity contribution in [3.8, 4) is 0 Å². The Hall–Kier alpha value is -0.850. The molecule has 3 heterocycles. The highest BCUT2D eigenvalue weighted by molar-refractivity contribution is 7.99. The van der Waals surface area contributed by atoms with E-state index in [9.17, 15) is 0 Å². The second-order valence-electron chi connectivity index (χ2n) is 5.95. The van der Waals surface area contributed by atoms with E-state index in [-0.39, 0.29) is 5.54 Å². The van der Waals surface area contributed by atoms with Crippen molar-refractivity contribution in [2.24, 2.45) is 0 Å². The van der Waals surface area contributed by atoms with Gasteiger partial charge in [0.05, 0.1) is 13.2 Å². The van der Waals surface area contributed by atoms with Crippen molar-refractivity contribution in [2.75, 3.05) is 49.7 Å². The van der Waals surface area contributed by atoms with E-state index in [1.165, 1.54) is 17.9 Å². The number of thioether (sulfide) groups is 1. The SMILES string of the molecule is Cc1cc(C)nc(NC[C@@]2(N3CCOCC3)CCSC2)n1. The lowest BCUT2D eigenvalue weighted by Gasteiger charge is -2.43. The monoisotopic (exact) mass is 308 g/mol. The number of hydrogen-bond acceptors (Lipinski definition) is 6. The van der Waals surface area contributed by atoms with Crippen LogP contribution in [0.2, 0.25) is 0 Å². The molecule has 1 atom stereocenters. The Labute approximate surface area is 130 Å². The van der Waals surface area contributed by atoms with Gasteiger partial charge in [0.15, 0.2) is 0 Å². The van der Waals surface area contributed by atoms with Crippen molar-refractivity contribution < 1.29 is 4.74 Å². The molecule has 0 bridgehead atoms. The molecule has 1 N–H and O–H groups in total. The number of nitrogens with one attached hydrogen (secondary N) is 1. The number of aryl methyl sites for hydroxylation is 2. The van der Waals surface area contributed by atoms with Crippen LogP contribution in [0.5, 0.6) is 0 Å². The summed E-state index contributed by atoms with van der Waals surface area (Å²) in [4.78, 5) is 11.6. The zero-order valence-corrected chi connectivity index (χ0v) is 13.7. The molecule has 2 aliphatic heterocycles. The van der Waals surface area contributed by atoms with Crippen LogP contribution in [0, 0.1) is 13.8 Å². The van der Waals surface area contributed by atoms with Crippen LogP contribution < -0.4 is 5.32 Å². The van der Waals surface area contributed by atoms with E-state index >= 15 is 0 Å². The highest BCUT2D eigenvalue weighted by Gasteiger charge is 2.40.